The Labute approximate surface area is 171 Å². The average Bonchev–Trinajstić information content (AvgIpc) is 2.65. The molecule has 2 aromatic carbocycles. The molecule has 148 valence electrons. The molecule has 1 heterocycles. The highest BCUT2D eigenvalue weighted by Gasteiger charge is 2.34. The molecule has 1 atom stereocenters. The van der Waals surface area contributed by atoms with E-state index in [1.54, 1.807) is 13.2 Å². The first-order chi connectivity index (χ1) is 13.4. The smallest absolute Gasteiger partial charge is 0.171 e. The van der Waals surface area contributed by atoms with Crippen molar-refractivity contribution in [2.45, 2.75) is 31.9 Å². The third-order valence-electron chi connectivity index (χ3n) is 4.44. The van der Waals surface area contributed by atoms with Gasteiger partial charge >= 0.3 is 0 Å². The number of hydrogen-bond acceptors (Lipinski definition) is 4. The Morgan fingerprint density at radius 3 is 2.86 bits per heavy atom. The third kappa shape index (κ3) is 4.95. The first kappa shape index (κ1) is 20.0. The lowest BCUT2D eigenvalue weighted by atomic mass is 9.89. The van der Waals surface area contributed by atoms with Gasteiger partial charge in [-0.3, -0.25) is 0 Å². The van der Waals surface area contributed by atoms with Gasteiger partial charge in [0, 0.05) is 29.8 Å². The number of anilines is 1. The summed E-state index contributed by atoms with van der Waals surface area (Å²) in [5.41, 5.74) is 1.61. The topological polar surface area (TPSA) is 51.8 Å². The monoisotopic (exact) mass is 398 g/mol. The summed E-state index contributed by atoms with van der Waals surface area (Å²) in [6.07, 6.45) is 2.50. The maximum absolute atomic E-state index is 6.14. The lowest BCUT2D eigenvalue weighted by Gasteiger charge is -2.38. The van der Waals surface area contributed by atoms with Crippen LogP contribution in [0.3, 0.4) is 0 Å². The van der Waals surface area contributed by atoms with Gasteiger partial charge < -0.3 is 24.8 Å². The Balaban J connectivity index is 1.72. The molecule has 0 aromatic heterocycles. The van der Waals surface area contributed by atoms with Gasteiger partial charge in [-0.1, -0.05) is 18.7 Å². The van der Waals surface area contributed by atoms with Gasteiger partial charge in [0.15, 0.2) is 5.11 Å². The van der Waals surface area contributed by atoms with Crippen molar-refractivity contribution in [3.05, 3.63) is 60.7 Å². The van der Waals surface area contributed by atoms with E-state index in [2.05, 4.69) is 31.1 Å². The number of benzene rings is 2. The first-order valence-corrected chi connectivity index (χ1v) is 9.59. The van der Waals surface area contributed by atoms with Crippen molar-refractivity contribution >= 4 is 23.0 Å². The fourth-order valence-corrected chi connectivity index (χ4v) is 3.49. The van der Waals surface area contributed by atoms with Crippen LogP contribution in [0.2, 0.25) is 0 Å². The van der Waals surface area contributed by atoms with Crippen molar-refractivity contribution in [1.82, 2.24) is 5.32 Å². The number of ether oxygens (including phenoxy) is 3. The zero-order chi connectivity index (χ0) is 20.1. The zero-order valence-corrected chi connectivity index (χ0v) is 17.3. The van der Waals surface area contributed by atoms with E-state index in [1.165, 1.54) is 0 Å². The van der Waals surface area contributed by atoms with Crippen LogP contribution >= 0.6 is 12.2 Å². The van der Waals surface area contributed by atoms with Crippen molar-refractivity contribution in [2.24, 2.45) is 0 Å². The number of nitrogens with one attached hydrogen (secondary N) is 2. The molecule has 0 spiro atoms. The molecule has 0 bridgehead atoms. The largest absolute Gasteiger partial charge is 0.497 e. The van der Waals surface area contributed by atoms with Crippen LogP contribution in [0.5, 0.6) is 17.2 Å². The van der Waals surface area contributed by atoms with E-state index in [0.29, 0.717) is 11.7 Å². The molecule has 0 amide bonds. The first-order valence-electron chi connectivity index (χ1n) is 9.18. The van der Waals surface area contributed by atoms with Crippen LogP contribution < -0.4 is 24.8 Å². The molecule has 5 nitrogen and oxygen atoms in total. The van der Waals surface area contributed by atoms with E-state index in [9.17, 15) is 0 Å². The van der Waals surface area contributed by atoms with Crippen LogP contribution in [0.25, 0.3) is 0 Å². The minimum absolute atomic E-state index is 0.0323. The number of rotatable bonds is 6. The van der Waals surface area contributed by atoms with Crippen LogP contribution in [-0.4, -0.2) is 24.4 Å². The maximum Gasteiger partial charge on any atom is 0.171 e. The van der Waals surface area contributed by atoms with Gasteiger partial charge in [-0.2, -0.15) is 0 Å². The Hall–Kier alpha value is -2.73. The summed E-state index contributed by atoms with van der Waals surface area (Å²) < 4.78 is 17.0. The van der Waals surface area contributed by atoms with Gasteiger partial charge in [0.05, 0.1) is 13.2 Å². The maximum atomic E-state index is 6.14. The minimum Gasteiger partial charge on any atom is -0.497 e. The summed E-state index contributed by atoms with van der Waals surface area (Å²) in [5, 5.41) is 7.20. The fraction of sp³-hybridized carbons (Fsp3) is 0.318. The van der Waals surface area contributed by atoms with E-state index >= 15 is 0 Å². The van der Waals surface area contributed by atoms with Crippen LogP contribution in [-0.2, 0) is 0 Å². The second kappa shape index (κ2) is 8.52. The Kier molecular flexibility index (Phi) is 6.09. The molecular weight excluding hydrogens is 372 g/mol. The van der Waals surface area contributed by atoms with Gasteiger partial charge in [0.2, 0.25) is 0 Å². The highest BCUT2D eigenvalue weighted by atomic mass is 32.1. The average molecular weight is 399 g/mol. The van der Waals surface area contributed by atoms with Gasteiger partial charge in [0.25, 0.3) is 0 Å². The van der Waals surface area contributed by atoms with Crippen LogP contribution in [0.4, 0.5) is 5.69 Å². The second-order valence-electron chi connectivity index (χ2n) is 7.25. The Morgan fingerprint density at radius 1 is 1.29 bits per heavy atom. The van der Waals surface area contributed by atoms with Gasteiger partial charge in [-0.15, -0.1) is 0 Å². The van der Waals surface area contributed by atoms with Gasteiger partial charge in [0.1, 0.15) is 29.5 Å². The van der Waals surface area contributed by atoms with Crippen molar-refractivity contribution < 1.29 is 14.2 Å². The van der Waals surface area contributed by atoms with Crippen molar-refractivity contribution in [2.75, 3.05) is 19.0 Å². The summed E-state index contributed by atoms with van der Waals surface area (Å²) >= 11 is 5.56. The highest BCUT2D eigenvalue weighted by Crippen LogP contribution is 2.41. The Morgan fingerprint density at radius 2 is 2.11 bits per heavy atom. The van der Waals surface area contributed by atoms with E-state index < -0.39 is 0 Å². The summed E-state index contributed by atoms with van der Waals surface area (Å²) in [6.45, 7) is 8.27. The predicted octanol–water partition coefficient (Wildman–Crippen LogP) is 4.85. The van der Waals surface area contributed by atoms with Gasteiger partial charge in [-0.05, 0) is 50.3 Å². The predicted molar refractivity (Wildman–Crippen MR) is 117 cm³/mol. The van der Waals surface area contributed by atoms with Crippen LogP contribution in [0.1, 0.15) is 31.9 Å². The van der Waals surface area contributed by atoms with Crippen molar-refractivity contribution in [1.29, 1.82) is 0 Å². The summed E-state index contributed by atoms with van der Waals surface area (Å²) in [5.74, 6) is 2.35. The molecule has 28 heavy (non-hydrogen) atoms. The molecule has 2 N–H and O–H groups in total. The molecule has 0 radical (unpaired) electrons. The molecule has 0 saturated heterocycles. The number of thiocarbonyl (C=S) groups is 1. The minimum atomic E-state index is -0.314. The van der Waals surface area contributed by atoms with Crippen molar-refractivity contribution in [3.8, 4) is 17.2 Å². The molecule has 0 saturated carbocycles. The number of methoxy groups -OCH3 is 1. The van der Waals surface area contributed by atoms with E-state index in [0.717, 1.165) is 34.9 Å². The van der Waals surface area contributed by atoms with Crippen molar-refractivity contribution in [3.63, 3.8) is 0 Å². The molecule has 1 aliphatic heterocycles. The molecular formula is C22H26N2O3S. The highest BCUT2D eigenvalue weighted by molar-refractivity contribution is 7.80. The summed E-state index contributed by atoms with van der Waals surface area (Å²) in [4.78, 5) is 0. The van der Waals surface area contributed by atoms with Crippen LogP contribution in [0, 0.1) is 0 Å². The molecule has 3 rings (SSSR count). The summed E-state index contributed by atoms with van der Waals surface area (Å²) in [7, 11) is 1.65. The molecule has 2 aromatic rings. The second-order valence-corrected chi connectivity index (χ2v) is 7.66. The van der Waals surface area contributed by atoms with E-state index in [1.807, 2.05) is 42.5 Å². The third-order valence-corrected chi connectivity index (χ3v) is 4.66. The SMILES string of the molecule is C=CCOc1cccc(NC(=S)NC2CC(C)(C)Oc3cc(OC)ccc32)c1. The summed E-state index contributed by atoms with van der Waals surface area (Å²) in [6, 6.07) is 13.6. The van der Waals surface area contributed by atoms with Crippen LogP contribution in [0.15, 0.2) is 55.1 Å². The normalized spacial score (nSPS) is 16.9. The number of fused-ring (bicyclic) bond motifs is 1. The zero-order valence-electron chi connectivity index (χ0n) is 16.5. The molecule has 6 heteroatoms. The molecule has 1 unspecified atom stereocenters. The molecule has 0 aliphatic carbocycles. The Bertz CT molecular complexity index is 867. The quantitative estimate of drug-likeness (QED) is 0.536. The fourth-order valence-electron chi connectivity index (χ4n) is 3.23. The lowest BCUT2D eigenvalue weighted by Crippen LogP contribution is -2.42. The van der Waals surface area contributed by atoms with Gasteiger partial charge in [-0.25, -0.2) is 0 Å². The molecule has 1 aliphatic rings. The number of hydrogen-bond donors (Lipinski definition) is 2. The van der Waals surface area contributed by atoms with E-state index in [-0.39, 0.29) is 11.6 Å². The van der Waals surface area contributed by atoms with E-state index in [4.69, 9.17) is 26.4 Å². The molecule has 0 fully saturated rings. The lowest BCUT2D eigenvalue weighted by molar-refractivity contribution is 0.0693. The standard InChI is InChI=1S/C22H26N2O3S/c1-5-11-26-17-8-6-7-15(12-17)23-21(28)24-19-14-22(2,3)27-20-13-16(25-4)9-10-18(19)20/h5-10,12-13,19H,1,11,14H2,2-4H3,(H2,23,24,28).